The summed E-state index contributed by atoms with van der Waals surface area (Å²) in [5, 5.41) is 13.1. The second-order valence-electron chi connectivity index (χ2n) is 9.30. The molecule has 3 heterocycles. The summed E-state index contributed by atoms with van der Waals surface area (Å²) in [7, 11) is -4.49. The van der Waals surface area contributed by atoms with Crippen molar-refractivity contribution < 1.29 is 41.8 Å². The lowest BCUT2D eigenvalue weighted by atomic mass is 9.98. The number of hydrogen-bond donors (Lipinski definition) is 3. The molecule has 17 heteroatoms. The zero-order valence-electron chi connectivity index (χ0n) is 21.6. The number of para-hydroxylation sites is 1. The van der Waals surface area contributed by atoms with E-state index in [-0.39, 0.29) is 28.0 Å². The number of benzene rings is 1. The van der Waals surface area contributed by atoms with Crippen LogP contribution in [-0.4, -0.2) is 73.9 Å². The minimum atomic E-state index is -4.49. The summed E-state index contributed by atoms with van der Waals surface area (Å²) in [6.07, 6.45) is -5.29. The Balaban J connectivity index is 1.60. The van der Waals surface area contributed by atoms with Gasteiger partial charge >= 0.3 is 13.7 Å². The summed E-state index contributed by atoms with van der Waals surface area (Å²) in [5.74, 6) is -0.905. The van der Waals surface area contributed by atoms with Crippen LogP contribution in [0.15, 0.2) is 36.7 Å². The van der Waals surface area contributed by atoms with Crippen LogP contribution in [0.1, 0.15) is 27.0 Å². The molecule has 0 spiro atoms. The quantitative estimate of drug-likeness (QED) is 0.166. The van der Waals surface area contributed by atoms with E-state index in [0.717, 1.165) is 10.9 Å². The molecule has 1 aliphatic rings. The van der Waals surface area contributed by atoms with Crippen LogP contribution in [-0.2, 0) is 23.4 Å². The molecule has 0 amide bonds. The van der Waals surface area contributed by atoms with Crippen LogP contribution in [0, 0.1) is 0 Å². The van der Waals surface area contributed by atoms with Gasteiger partial charge in [0.25, 0.3) is 0 Å². The third kappa shape index (κ3) is 6.19. The molecule has 13 nitrogen and oxygen atoms in total. The van der Waals surface area contributed by atoms with Crippen molar-refractivity contribution in [2.24, 2.45) is 0 Å². The number of nitrogens with two attached hydrogens (primary N) is 1. The fourth-order valence-electron chi connectivity index (χ4n) is 3.91. The second kappa shape index (κ2) is 11.9. The number of imidazole rings is 1. The molecule has 0 bridgehead atoms. The number of carbonyl (C=O) groups excluding carboxylic acids is 1. The number of esters is 1. The second-order valence-corrected chi connectivity index (χ2v) is 11.4. The molecule has 3 aromatic rings. The normalized spacial score (nSPS) is 25.1. The van der Waals surface area contributed by atoms with E-state index in [9.17, 15) is 18.9 Å². The van der Waals surface area contributed by atoms with Crippen LogP contribution in [0.5, 0.6) is 5.75 Å². The molecule has 4 N–H and O–H groups in total. The van der Waals surface area contributed by atoms with Crippen molar-refractivity contribution in [3.05, 3.63) is 41.8 Å². The lowest BCUT2D eigenvalue weighted by molar-refractivity contribution is -0.149. The van der Waals surface area contributed by atoms with Crippen LogP contribution in [0.2, 0.25) is 5.15 Å². The molecule has 1 fully saturated rings. The third-order valence-corrected chi connectivity index (χ3v) is 7.76. The Morgan fingerprint density at radius 2 is 2.02 bits per heavy atom. The molecule has 1 saturated heterocycles. The first-order valence-electron chi connectivity index (χ1n) is 12.1. The van der Waals surface area contributed by atoms with Gasteiger partial charge in [0, 0.05) is 0 Å². The van der Waals surface area contributed by atoms with Gasteiger partial charge in [0.05, 0.1) is 19.0 Å². The molecule has 218 valence electrons. The van der Waals surface area contributed by atoms with Crippen molar-refractivity contribution in [1.29, 1.82) is 0 Å². The van der Waals surface area contributed by atoms with E-state index >= 15 is 4.39 Å². The van der Waals surface area contributed by atoms with E-state index in [1.807, 2.05) is 0 Å². The highest BCUT2D eigenvalue weighted by Gasteiger charge is 2.58. The highest BCUT2D eigenvalue weighted by molar-refractivity contribution is 7.52. The van der Waals surface area contributed by atoms with Gasteiger partial charge in [0.1, 0.15) is 30.1 Å². The van der Waals surface area contributed by atoms with Crippen LogP contribution in [0.4, 0.5) is 14.7 Å². The van der Waals surface area contributed by atoms with Crippen LogP contribution in [0.3, 0.4) is 0 Å². The minimum absolute atomic E-state index is 0.0230. The third-order valence-electron chi connectivity index (χ3n) is 5.87. The molecule has 4 rings (SSSR count). The number of anilines is 1. The lowest BCUT2D eigenvalue weighted by Crippen LogP contribution is -2.48. The highest BCUT2D eigenvalue weighted by atomic mass is 35.5. The van der Waals surface area contributed by atoms with E-state index in [1.165, 1.54) is 19.1 Å². The van der Waals surface area contributed by atoms with E-state index < -0.39 is 63.2 Å². The lowest BCUT2D eigenvalue weighted by Gasteiger charge is -2.31. The number of alkyl halides is 2. The molecular formula is C23H28ClF2N6O7P. The molecule has 0 aliphatic carbocycles. The number of carbonyl (C=O) groups is 1. The number of aliphatic hydroxyl groups excluding tert-OH is 1. The number of nitrogen functional groups attached to an aromatic ring is 1. The Bertz CT molecular complexity index is 1400. The highest BCUT2D eigenvalue weighted by Crippen LogP contribution is 2.48. The zero-order valence-corrected chi connectivity index (χ0v) is 23.3. The molecule has 6 atom stereocenters. The average molecular weight is 605 g/mol. The van der Waals surface area contributed by atoms with Crippen molar-refractivity contribution >= 4 is 42.4 Å². The fourth-order valence-corrected chi connectivity index (χ4v) is 5.68. The van der Waals surface area contributed by atoms with Gasteiger partial charge in [-0.25, -0.2) is 18.3 Å². The Kier molecular flexibility index (Phi) is 8.93. The van der Waals surface area contributed by atoms with E-state index in [2.05, 4.69) is 20.0 Å². The Morgan fingerprint density at radius 3 is 2.67 bits per heavy atom. The number of rotatable bonds is 11. The zero-order chi connectivity index (χ0) is 29.2. The van der Waals surface area contributed by atoms with Gasteiger partial charge in [-0.2, -0.15) is 15.1 Å². The number of nitrogens with one attached hydrogen (secondary N) is 1. The molecular weight excluding hydrogens is 577 g/mol. The van der Waals surface area contributed by atoms with Gasteiger partial charge < -0.3 is 24.8 Å². The van der Waals surface area contributed by atoms with E-state index in [1.54, 1.807) is 32.0 Å². The van der Waals surface area contributed by atoms with Crippen LogP contribution in [0.25, 0.3) is 11.2 Å². The smallest absolute Gasteiger partial charge is 0.459 e. The van der Waals surface area contributed by atoms with Crippen LogP contribution < -0.4 is 15.3 Å². The van der Waals surface area contributed by atoms with E-state index in [4.69, 9.17) is 35.9 Å². The van der Waals surface area contributed by atoms with Gasteiger partial charge in [0.15, 0.2) is 28.8 Å². The number of hydrogen-bond acceptors (Lipinski definition) is 11. The summed E-state index contributed by atoms with van der Waals surface area (Å²) in [5.41, 5.74) is 3.35. The predicted molar refractivity (Wildman–Crippen MR) is 139 cm³/mol. The van der Waals surface area contributed by atoms with Gasteiger partial charge in [-0.1, -0.05) is 29.8 Å². The van der Waals surface area contributed by atoms with Crippen LogP contribution >= 0.6 is 19.3 Å². The summed E-state index contributed by atoms with van der Waals surface area (Å²) in [4.78, 5) is 24.1. The Morgan fingerprint density at radius 1 is 1.32 bits per heavy atom. The molecule has 40 heavy (non-hydrogen) atoms. The maximum atomic E-state index is 15.4. The van der Waals surface area contributed by atoms with Crippen molar-refractivity contribution in [1.82, 2.24) is 24.6 Å². The van der Waals surface area contributed by atoms with E-state index in [0.29, 0.717) is 0 Å². The summed E-state index contributed by atoms with van der Waals surface area (Å²) in [6, 6.07) is 6.62. The summed E-state index contributed by atoms with van der Waals surface area (Å²) < 4.78 is 66.6. The molecule has 1 aliphatic heterocycles. The largest absolute Gasteiger partial charge is 0.462 e. The number of fused-ring (bicyclic) bond motifs is 1. The first-order valence-corrected chi connectivity index (χ1v) is 14.0. The first kappa shape index (κ1) is 30.0. The molecule has 1 unspecified atom stereocenters. The maximum absolute atomic E-state index is 15.4. The molecule has 2 aromatic heterocycles. The predicted octanol–water partition coefficient (Wildman–Crippen LogP) is 3.13. The molecule has 0 radical (unpaired) electrons. The number of aromatic nitrogens is 4. The maximum Gasteiger partial charge on any atom is 0.459 e. The topological polar surface area (TPSA) is 173 Å². The minimum Gasteiger partial charge on any atom is -0.462 e. The first-order chi connectivity index (χ1) is 18.9. The van der Waals surface area contributed by atoms with Crippen molar-refractivity contribution in [3.8, 4) is 5.75 Å². The number of ether oxygens (including phenoxy) is 2. The van der Waals surface area contributed by atoms with Crippen molar-refractivity contribution in [2.75, 3.05) is 19.0 Å². The number of aliphatic hydroxyl groups is 1. The summed E-state index contributed by atoms with van der Waals surface area (Å²) in [6.45, 7) is 2.22. The summed E-state index contributed by atoms with van der Waals surface area (Å²) >= 11 is 6.03. The average Bonchev–Trinajstić information content (AvgIpc) is 3.42. The number of halogens is 3. The van der Waals surface area contributed by atoms with Gasteiger partial charge in [-0.05, 0) is 32.9 Å². The number of nitrogens with zero attached hydrogens (tertiary/aromatic N) is 4. The van der Waals surface area contributed by atoms with Gasteiger partial charge in [0.2, 0.25) is 5.95 Å². The Hall–Kier alpha value is -2.94. The Labute approximate surface area is 232 Å². The molecule has 0 saturated carbocycles. The SMILES string of the molecule is CC(C)OC(=O)[C@@H](C)NP(=O)(OC[C@@]1(CF)O[C@@H](n2cnc3c(Cl)nc(N)nc32)[C@H](F)[C@@H]1O)Oc1ccccc1. The fraction of sp³-hybridized carbons (Fsp3) is 0.478. The van der Waals surface area contributed by atoms with Gasteiger partial charge in [-0.3, -0.25) is 13.9 Å². The van der Waals surface area contributed by atoms with Crippen molar-refractivity contribution in [3.63, 3.8) is 0 Å². The molecule has 1 aromatic carbocycles. The monoisotopic (exact) mass is 604 g/mol. The van der Waals surface area contributed by atoms with Crippen molar-refractivity contribution in [2.45, 2.75) is 57.0 Å². The standard InChI is InChI=1S/C23H28ClF2N6O7P/c1-12(2)37-21(34)13(3)31-40(35,39-14-7-5-4-6-8-14)36-10-23(9-25)17(33)15(26)20(38-23)32-11-28-16-18(24)29-22(27)30-19(16)32/h4-8,11-13,15,17,20,33H,9-10H2,1-3H3,(H,31,35)(H2,27,29,30)/t13-,15-,17+,20-,23-,40?/m1/s1. The van der Waals surface area contributed by atoms with Gasteiger partial charge in [-0.15, -0.1) is 0 Å².